The number of amidine groups is 1. The zero-order valence-corrected chi connectivity index (χ0v) is 12.8. The number of benzene rings is 1. The van der Waals surface area contributed by atoms with Gasteiger partial charge < -0.3 is 15.7 Å². The SMILES string of the molecule is CCN(CC(C)C(N)=NO)CC1OCCc2ccccc21. The molecule has 1 aromatic carbocycles. The number of oxime groups is 1. The molecule has 2 unspecified atom stereocenters. The largest absolute Gasteiger partial charge is 0.409 e. The molecule has 0 saturated carbocycles. The van der Waals surface area contributed by atoms with Gasteiger partial charge in [0.25, 0.3) is 0 Å². The van der Waals surface area contributed by atoms with Crippen LogP contribution in [0, 0.1) is 5.92 Å². The summed E-state index contributed by atoms with van der Waals surface area (Å²) in [6, 6.07) is 8.48. The molecule has 1 aliphatic rings. The number of nitrogens with two attached hydrogens (primary N) is 1. The van der Waals surface area contributed by atoms with Gasteiger partial charge in [0.15, 0.2) is 0 Å². The number of likely N-dealkylation sites (N-methyl/N-ethyl adjacent to an activating group) is 1. The topological polar surface area (TPSA) is 71.1 Å². The summed E-state index contributed by atoms with van der Waals surface area (Å²) in [6.45, 7) is 7.35. The molecule has 0 saturated heterocycles. The van der Waals surface area contributed by atoms with Crippen molar-refractivity contribution < 1.29 is 9.94 Å². The van der Waals surface area contributed by atoms with Gasteiger partial charge in [0, 0.05) is 19.0 Å². The van der Waals surface area contributed by atoms with E-state index in [-0.39, 0.29) is 17.9 Å². The molecule has 21 heavy (non-hydrogen) atoms. The van der Waals surface area contributed by atoms with Crippen LogP contribution in [0.5, 0.6) is 0 Å². The molecule has 0 fully saturated rings. The van der Waals surface area contributed by atoms with Gasteiger partial charge in [0.2, 0.25) is 0 Å². The average Bonchev–Trinajstić information content (AvgIpc) is 2.53. The Kier molecular flexibility index (Phi) is 5.59. The Labute approximate surface area is 126 Å². The van der Waals surface area contributed by atoms with Crippen LogP contribution >= 0.6 is 0 Å². The van der Waals surface area contributed by atoms with Gasteiger partial charge in [-0.05, 0) is 24.1 Å². The van der Waals surface area contributed by atoms with Gasteiger partial charge in [-0.25, -0.2) is 0 Å². The molecule has 0 bridgehead atoms. The zero-order chi connectivity index (χ0) is 15.2. The first-order valence-corrected chi connectivity index (χ1v) is 7.54. The standard InChI is InChI=1S/C16H25N3O2/c1-3-19(10-12(2)16(17)18-20)11-15-14-7-5-4-6-13(14)8-9-21-15/h4-7,12,15,20H,3,8-11H2,1-2H3,(H2,17,18). The first-order valence-electron chi connectivity index (χ1n) is 7.54. The molecule has 0 radical (unpaired) electrons. The van der Waals surface area contributed by atoms with Crippen LogP contribution in [0.1, 0.15) is 31.1 Å². The second-order valence-corrected chi connectivity index (χ2v) is 5.59. The van der Waals surface area contributed by atoms with Gasteiger partial charge in [-0.3, -0.25) is 4.90 Å². The third-order valence-corrected chi connectivity index (χ3v) is 4.12. The molecule has 2 atom stereocenters. The number of hydrogen-bond acceptors (Lipinski definition) is 4. The van der Waals surface area contributed by atoms with Crippen LogP contribution in [0.4, 0.5) is 0 Å². The molecule has 0 amide bonds. The maximum atomic E-state index is 8.76. The van der Waals surface area contributed by atoms with Crippen molar-refractivity contribution in [2.45, 2.75) is 26.4 Å². The van der Waals surface area contributed by atoms with E-state index in [0.29, 0.717) is 0 Å². The van der Waals surface area contributed by atoms with Crippen molar-refractivity contribution in [2.24, 2.45) is 16.8 Å². The lowest BCUT2D eigenvalue weighted by Crippen LogP contribution is -2.38. The Bertz CT molecular complexity index is 490. The van der Waals surface area contributed by atoms with Gasteiger partial charge in [-0.15, -0.1) is 0 Å². The summed E-state index contributed by atoms with van der Waals surface area (Å²) in [4.78, 5) is 2.29. The molecular weight excluding hydrogens is 266 g/mol. The van der Waals surface area contributed by atoms with E-state index in [1.54, 1.807) is 0 Å². The highest BCUT2D eigenvalue weighted by Gasteiger charge is 2.23. The van der Waals surface area contributed by atoms with Crippen LogP contribution in [-0.4, -0.2) is 42.2 Å². The van der Waals surface area contributed by atoms with Crippen molar-refractivity contribution in [1.82, 2.24) is 4.90 Å². The van der Waals surface area contributed by atoms with E-state index in [9.17, 15) is 0 Å². The third-order valence-electron chi connectivity index (χ3n) is 4.12. The van der Waals surface area contributed by atoms with Crippen molar-refractivity contribution in [1.29, 1.82) is 0 Å². The van der Waals surface area contributed by atoms with Crippen molar-refractivity contribution in [3.05, 3.63) is 35.4 Å². The van der Waals surface area contributed by atoms with Gasteiger partial charge in [0.05, 0.1) is 12.7 Å². The lowest BCUT2D eigenvalue weighted by atomic mass is 9.97. The van der Waals surface area contributed by atoms with Crippen molar-refractivity contribution in [2.75, 3.05) is 26.2 Å². The summed E-state index contributed by atoms with van der Waals surface area (Å²) in [5.74, 6) is 0.298. The van der Waals surface area contributed by atoms with E-state index in [1.165, 1.54) is 11.1 Å². The van der Waals surface area contributed by atoms with Gasteiger partial charge in [-0.2, -0.15) is 0 Å². The maximum Gasteiger partial charge on any atom is 0.143 e. The van der Waals surface area contributed by atoms with Crippen molar-refractivity contribution in [3.63, 3.8) is 0 Å². The number of hydrogen-bond donors (Lipinski definition) is 2. The Morgan fingerprint density at radius 3 is 3.00 bits per heavy atom. The highest BCUT2D eigenvalue weighted by atomic mass is 16.5. The molecule has 5 nitrogen and oxygen atoms in total. The fourth-order valence-corrected chi connectivity index (χ4v) is 2.77. The van der Waals surface area contributed by atoms with Crippen LogP contribution in [0.15, 0.2) is 29.4 Å². The number of rotatable bonds is 6. The maximum absolute atomic E-state index is 8.76. The highest BCUT2D eigenvalue weighted by molar-refractivity contribution is 5.82. The van der Waals surface area contributed by atoms with Crippen LogP contribution in [0.2, 0.25) is 0 Å². The molecule has 1 heterocycles. The first kappa shape index (κ1) is 15.8. The Morgan fingerprint density at radius 1 is 1.52 bits per heavy atom. The second kappa shape index (κ2) is 7.43. The Morgan fingerprint density at radius 2 is 2.29 bits per heavy atom. The summed E-state index contributed by atoms with van der Waals surface area (Å²) in [6.07, 6.45) is 1.09. The monoisotopic (exact) mass is 291 g/mol. The molecule has 1 aromatic rings. The Hall–Kier alpha value is -1.59. The van der Waals surface area contributed by atoms with E-state index in [0.717, 1.165) is 32.7 Å². The fourth-order valence-electron chi connectivity index (χ4n) is 2.77. The van der Waals surface area contributed by atoms with Crippen LogP contribution in [-0.2, 0) is 11.2 Å². The van der Waals surface area contributed by atoms with Crippen molar-refractivity contribution >= 4 is 5.84 Å². The molecule has 0 aromatic heterocycles. The summed E-state index contributed by atoms with van der Waals surface area (Å²) in [5, 5.41) is 11.9. The highest BCUT2D eigenvalue weighted by Crippen LogP contribution is 2.27. The van der Waals surface area contributed by atoms with Gasteiger partial charge in [0.1, 0.15) is 5.84 Å². The first-order chi connectivity index (χ1) is 10.2. The predicted molar refractivity (Wildman–Crippen MR) is 83.5 cm³/mol. The van der Waals surface area contributed by atoms with E-state index in [2.05, 4.69) is 41.2 Å². The van der Waals surface area contributed by atoms with Crippen LogP contribution < -0.4 is 5.73 Å². The van der Waals surface area contributed by atoms with E-state index < -0.39 is 0 Å². The normalized spacial score (nSPS) is 20.3. The lowest BCUT2D eigenvalue weighted by molar-refractivity contribution is 0.0157. The molecule has 116 valence electrons. The molecule has 3 N–H and O–H groups in total. The minimum Gasteiger partial charge on any atom is -0.409 e. The van der Waals surface area contributed by atoms with Gasteiger partial charge >= 0.3 is 0 Å². The predicted octanol–water partition coefficient (Wildman–Crippen LogP) is 2.00. The van der Waals surface area contributed by atoms with Crippen LogP contribution in [0.25, 0.3) is 0 Å². The number of ether oxygens (including phenoxy) is 1. The molecular formula is C16H25N3O2. The van der Waals surface area contributed by atoms with E-state index in [4.69, 9.17) is 15.7 Å². The zero-order valence-electron chi connectivity index (χ0n) is 12.8. The van der Waals surface area contributed by atoms with Gasteiger partial charge in [-0.1, -0.05) is 43.3 Å². The lowest BCUT2D eigenvalue weighted by Gasteiger charge is -2.32. The summed E-state index contributed by atoms with van der Waals surface area (Å²) >= 11 is 0. The molecule has 2 rings (SSSR count). The number of nitrogens with zero attached hydrogens (tertiary/aromatic N) is 2. The fraction of sp³-hybridized carbons (Fsp3) is 0.562. The second-order valence-electron chi connectivity index (χ2n) is 5.59. The molecule has 0 aliphatic carbocycles. The molecule has 5 heteroatoms. The molecule has 1 aliphatic heterocycles. The van der Waals surface area contributed by atoms with E-state index >= 15 is 0 Å². The minimum absolute atomic E-state index is 0.0220. The van der Waals surface area contributed by atoms with Crippen molar-refractivity contribution in [3.8, 4) is 0 Å². The quantitative estimate of drug-likeness (QED) is 0.364. The Balaban J connectivity index is 2.03. The van der Waals surface area contributed by atoms with E-state index in [1.807, 2.05) is 6.92 Å². The van der Waals surface area contributed by atoms with Crippen LogP contribution in [0.3, 0.4) is 0 Å². The summed E-state index contributed by atoms with van der Waals surface area (Å²) < 4.78 is 5.95. The number of fused-ring (bicyclic) bond motifs is 1. The summed E-state index contributed by atoms with van der Waals surface area (Å²) in [5.41, 5.74) is 8.35. The molecule has 0 spiro atoms. The third kappa shape index (κ3) is 3.95. The minimum atomic E-state index is 0.0220. The average molecular weight is 291 g/mol. The smallest absolute Gasteiger partial charge is 0.143 e. The summed E-state index contributed by atoms with van der Waals surface area (Å²) in [7, 11) is 0.